The SMILES string of the molecule is CSCC[C@H]1N[C@@]2(C(=O)Nc3ccccc32)[C@@H]2C(=O)N(c3ccc([N+](=O)[O-])cc3C)C(=O)[C@@H]21. The Morgan fingerprint density at radius 1 is 1.15 bits per heavy atom. The predicted octanol–water partition coefficient (Wildman–Crippen LogP) is 2.58. The Labute approximate surface area is 194 Å². The van der Waals surface area contributed by atoms with Crippen LogP contribution in [0.3, 0.4) is 0 Å². The van der Waals surface area contributed by atoms with E-state index in [2.05, 4.69) is 10.6 Å². The number of carbonyl (C=O) groups excluding carboxylic acids is 3. The predicted molar refractivity (Wildman–Crippen MR) is 124 cm³/mol. The molecule has 2 N–H and O–H groups in total. The molecule has 0 aromatic heterocycles. The maximum absolute atomic E-state index is 13.9. The van der Waals surface area contributed by atoms with Crippen molar-refractivity contribution in [1.82, 2.24) is 5.32 Å². The number of fused-ring (bicyclic) bond motifs is 4. The Kier molecular flexibility index (Phi) is 5.02. The highest BCUT2D eigenvalue weighted by atomic mass is 32.2. The number of hydrogen-bond donors (Lipinski definition) is 2. The zero-order valence-corrected chi connectivity index (χ0v) is 18.8. The molecule has 170 valence electrons. The Hall–Kier alpha value is -3.24. The number of nitrogens with zero attached hydrogens (tertiary/aromatic N) is 2. The molecule has 0 unspecified atom stereocenters. The van der Waals surface area contributed by atoms with Gasteiger partial charge in [0.05, 0.1) is 22.4 Å². The highest BCUT2D eigenvalue weighted by Gasteiger charge is 2.70. The lowest BCUT2D eigenvalue weighted by atomic mass is 9.76. The second kappa shape index (κ2) is 7.67. The summed E-state index contributed by atoms with van der Waals surface area (Å²) in [6.07, 6.45) is 2.58. The minimum atomic E-state index is -1.33. The standard InChI is InChI=1S/C23H22N4O5S/c1-12-11-13(27(31)32)7-8-17(12)26-20(28)18-16(9-10-33-2)25-23(19(18)21(26)29)14-5-3-4-6-15(14)24-22(23)30/h3-8,11,16,18-19,25H,9-10H2,1-2H3,(H,24,30)/t16-,18-,19+,23-/m1/s1. The summed E-state index contributed by atoms with van der Waals surface area (Å²) in [6.45, 7) is 1.63. The molecule has 3 aliphatic heterocycles. The Morgan fingerprint density at radius 2 is 1.91 bits per heavy atom. The number of thioether (sulfide) groups is 1. The van der Waals surface area contributed by atoms with Crippen molar-refractivity contribution in [3.63, 3.8) is 0 Å². The number of carbonyl (C=O) groups is 3. The molecule has 4 atom stereocenters. The van der Waals surface area contributed by atoms with Crippen LogP contribution < -0.4 is 15.5 Å². The molecule has 9 nitrogen and oxygen atoms in total. The van der Waals surface area contributed by atoms with Crippen molar-refractivity contribution in [3.05, 3.63) is 63.7 Å². The number of amides is 3. The van der Waals surface area contributed by atoms with Gasteiger partial charge in [0.2, 0.25) is 17.7 Å². The zero-order chi connectivity index (χ0) is 23.5. The molecule has 5 rings (SSSR count). The number of nitro benzene ring substituents is 1. The Bertz CT molecular complexity index is 1220. The molecule has 2 aromatic carbocycles. The maximum Gasteiger partial charge on any atom is 0.269 e. The summed E-state index contributed by atoms with van der Waals surface area (Å²) >= 11 is 1.63. The van der Waals surface area contributed by atoms with Gasteiger partial charge in [0, 0.05) is 29.4 Å². The molecular weight excluding hydrogens is 444 g/mol. The summed E-state index contributed by atoms with van der Waals surface area (Å²) in [5, 5.41) is 17.4. The summed E-state index contributed by atoms with van der Waals surface area (Å²) in [4.78, 5) is 52.7. The average molecular weight is 467 g/mol. The fourth-order valence-corrected chi connectivity index (χ4v) is 5.98. The summed E-state index contributed by atoms with van der Waals surface area (Å²) < 4.78 is 0. The average Bonchev–Trinajstić information content (AvgIpc) is 3.37. The lowest BCUT2D eigenvalue weighted by Gasteiger charge is -2.29. The van der Waals surface area contributed by atoms with Crippen LogP contribution >= 0.6 is 11.8 Å². The van der Waals surface area contributed by atoms with Crippen LogP contribution in [0.15, 0.2) is 42.5 Å². The third-order valence-corrected chi connectivity index (χ3v) is 7.53. The minimum absolute atomic E-state index is 0.115. The quantitative estimate of drug-likeness (QED) is 0.395. The summed E-state index contributed by atoms with van der Waals surface area (Å²) in [6, 6.07) is 10.9. The van der Waals surface area contributed by atoms with Gasteiger partial charge in [0.1, 0.15) is 5.54 Å². The van der Waals surface area contributed by atoms with Crippen LogP contribution in [0.5, 0.6) is 0 Å². The van der Waals surface area contributed by atoms with Gasteiger partial charge in [-0.05, 0) is 43.0 Å². The molecular formula is C23H22N4O5S. The van der Waals surface area contributed by atoms with Gasteiger partial charge in [0.15, 0.2) is 0 Å². The van der Waals surface area contributed by atoms with Gasteiger partial charge in [-0.1, -0.05) is 18.2 Å². The van der Waals surface area contributed by atoms with E-state index in [1.165, 1.54) is 18.2 Å². The molecule has 0 radical (unpaired) electrons. The molecule has 2 aromatic rings. The number of nitrogens with one attached hydrogen (secondary N) is 2. The third kappa shape index (κ3) is 2.94. The molecule has 0 bridgehead atoms. The Balaban J connectivity index is 1.63. The van der Waals surface area contributed by atoms with Crippen LogP contribution in [0, 0.1) is 28.9 Å². The highest BCUT2D eigenvalue weighted by molar-refractivity contribution is 7.98. The molecule has 2 fully saturated rings. The van der Waals surface area contributed by atoms with Crippen LogP contribution in [0.1, 0.15) is 17.5 Å². The Morgan fingerprint density at radius 3 is 2.61 bits per heavy atom. The summed E-state index contributed by atoms with van der Waals surface area (Å²) in [7, 11) is 0. The van der Waals surface area contributed by atoms with E-state index >= 15 is 0 Å². The van der Waals surface area contributed by atoms with Crippen LogP contribution in [-0.2, 0) is 19.9 Å². The lowest BCUT2D eigenvalue weighted by Crippen LogP contribution is -2.53. The second-order valence-electron chi connectivity index (χ2n) is 8.58. The molecule has 10 heteroatoms. The van der Waals surface area contributed by atoms with E-state index in [9.17, 15) is 24.5 Å². The first kappa shape index (κ1) is 21.6. The number of imide groups is 1. The number of hydrogen-bond acceptors (Lipinski definition) is 7. The molecule has 3 amide bonds. The van der Waals surface area contributed by atoms with Crippen molar-refractivity contribution in [2.75, 3.05) is 22.2 Å². The van der Waals surface area contributed by atoms with Crippen molar-refractivity contribution in [2.45, 2.75) is 24.9 Å². The lowest BCUT2D eigenvalue weighted by molar-refractivity contribution is -0.384. The normalized spacial score (nSPS) is 27.8. The van der Waals surface area contributed by atoms with E-state index in [0.717, 1.165) is 10.7 Å². The van der Waals surface area contributed by atoms with Gasteiger partial charge in [0.25, 0.3) is 5.69 Å². The number of benzene rings is 2. The van der Waals surface area contributed by atoms with Gasteiger partial charge in [-0.3, -0.25) is 29.8 Å². The van der Waals surface area contributed by atoms with E-state index in [-0.39, 0.29) is 23.5 Å². The zero-order valence-electron chi connectivity index (χ0n) is 18.0. The number of para-hydroxylation sites is 1. The molecule has 3 heterocycles. The van der Waals surface area contributed by atoms with Crippen LogP contribution in [0.2, 0.25) is 0 Å². The first-order chi connectivity index (χ1) is 15.8. The summed E-state index contributed by atoms with van der Waals surface area (Å²) in [5.41, 5.74) is 0.612. The first-order valence-electron chi connectivity index (χ1n) is 10.6. The van der Waals surface area contributed by atoms with E-state index in [0.29, 0.717) is 28.9 Å². The molecule has 0 saturated carbocycles. The number of non-ortho nitro benzene ring substituents is 1. The summed E-state index contributed by atoms with van der Waals surface area (Å²) in [5.74, 6) is -2.04. The number of nitro groups is 1. The molecule has 1 spiro atoms. The van der Waals surface area contributed by atoms with E-state index < -0.39 is 28.2 Å². The maximum atomic E-state index is 13.9. The van der Waals surface area contributed by atoms with Gasteiger partial charge in [-0.2, -0.15) is 11.8 Å². The molecule has 0 aliphatic carbocycles. The molecule has 2 saturated heterocycles. The van der Waals surface area contributed by atoms with E-state index in [4.69, 9.17) is 0 Å². The van der Waals surface area contributed by atoms with Gasteiger partial charge < -0.3 is 5.32 Å². The van der Waals surface area contributed by atoms with Gasteiger partial charge >= 0.3 is 0 Å². The molecule has 33 heavy (non-hydrogen) atoms. The van der Waals surface area contributed by atoms with Crippen LogP contribution in [0.4, 0.5) is 17.1 Å². The second-order valence-corrected chi connectivity index (χ2v) is 9.57. The molecule has 3 aliphatic rings. The third-order valence-electron chi connectivity index (χ3n) is 6.89. The van der Waals surface area contributed by atoms with Crippen molar-refractivity contribution in [1.29, 1.82) is 0 Å². The van der Waals surface area contributed by atoms with E-state index in [1.54, 1.807) is 24.8 Å². The number of aryl methyl sites for hydroxylation is 1. The fraction of sp³-hybridized carbons (Fsp3) is 0.348. The van der Waals surface area contributed by atoms with Crippen molar-refractivity contribution in [3.8, 4) is 0 Å². The largest absolute Gasteiger partial charge is 0.324 e. The van der Waals surface area contributed by atoms with Gasteiger partial charge in [-0.25, -0.2) is 4.90 Å². The highest BCUT2D eigenvalue weighted by Crippen LogP contribution is 2.54. The number of rotatable bonds is 5. The van der Waals surface area contributed by atoms with Crippen molar-refractivity contribution < 1.29 is 19.3 Å². The number of anilines is 2. The minimum Gasteiger partial charge on any atom is -0.324 e. The van der Waals surface area contributed by atoms with Crippen molar-refractivity contribution >= 4 is 46.5 Å². The van der Waals surface area contributed by atoms with Crippen molar-refractivity contribution in [2.24, 2.45) is 11.8 Å². The fourth-order valence-electron chi connectivity index (χ4n) is 5.49. The van der Waals surface area contributed by atoms with Crippen LogP contribution in [0.25, 0.3) is 0 Å². The first-order valence-corrected chi connectivity index (χ1v) is 12.0. The topological polar surface area (TPSA) is 122 Å². The van der Waals surface area contributed by atoms with E-state index in [1.807, 2.05) is 24.5 Å². The van der Waals surface area contributed by atoms with Gasteiger partial charge in [-0.15, -0.1) is 0 Å². The smallest absolute Gasteiger partial charge is 0.269 e. The van der Waals surface area contributed by atoms with Crippen LogP contribution in [-0.4, -0.2) is 40.7 Å². The monoisotopic (exact) mass is 466 g/mol.